The maximum Gasteiger partial charge on any atom is 0.573 e. The van der Waals surface area contributed by atoms with Gasteiger partial charge < -0.3 is 9.47 Å². The molecule has 36 heavy (non-hydrogen) atoms. The lowest BCUT2D eigenvalue weighted by Gasteiger charge is -2.28. The lowest BCUT2D eigenvalue weighted by atomic mass is 9.77. The summed E-state index contributed by atoms with van der Waals surface area (Å²) in [6.45, 7) is 2.22. The number of hydrogen-bond donors (Lipinski definition) is 0. The van der Waals surface area contributed by atoms with E-state index in [0.717, 1.165) is 37.0 Å². The van der Waals surface area contributed by atoms with E-state index in [-0.39, 0.29) is 18.9 Å². The van der Waals surface area contributed by atoms with E-state index >= 15 is 0 Å². The Kier molecular flexibility index (Phi) is 8.98. The first-order chi connectivity index (χ1) is 16.7. The molecule has 1 fully saturated rings. The highest BCUT2D eigenvalue weighted by Gasteiger charge is 2.31. The van der Waals surface area contributed by atoms with Crippen LogP contribution < -0.4 is 9.47 Å². The molecule has 1 saturated carbocycles. The minimum Gasteiger partial charge on any atom is -0.454 e. The first-order valence-electron chi connectivity index (χ1n) is 11.9. The number of halogens is 5. The predicted molar refractivity (Wildman–Crippen MR) is 131 cm³/mol. The summed E-state index contributed by atoms with van der Waals surface area (Å²) in [6.07, 6.45) is 2.43. The van der Waals surface area contributed by atoms with Crippen LogP contribution in [0.4, 0.5) is 22.0 Å². The summed E-state index contributed by atoms with van der Waals surface area (Å²) in [5.74, 6) is -1.67. The van der Waals surface area contributed by atoms with Crippen LogP contribution in [0.5, 0.6) is 17.2 Å². The maximum absolute atomic E-state index is 14.7. The summed E-state index contributed by atoms with van der Waals surface area (Å²) < 4.78 is 75.3. The third-order valence-corrected chi connectivity index (χ3v) is 6.56. The average Bonchev–Trinajstić information content (AvgIpc) is 2.83. The summed E-state index contributed by atoms with van der Waals surface area (Å²) in [5, 5.41) is 0. The van der Waals surface area contributed by atoms with Crippen molar-refractivity contribution in [3.8, 4) is 28.4 Å². The zero-order chi connectivity index (χ0) is 25.0. The van der Waals surface area contributed by atoms with Crippen molar-refractivity contribution in [3.05, 3.63) is 77.9 Å². The van der Waals surface area contributed by atoms with Crippen LogP contribution in [0.3, 0.4) is 0 Å². The van der Waals surface area contributed by atoms with E-state index < -0.39 is 23.7 Å². The van der Waals surface area contributed by atoms with Crippen LogP contribution >= 0.6 is 0 Å². The molecule has 0 heterocycles. The van der Waals surface area contributed by atoms with E-state index in [4.69, 9.17) is 4.74 Å². The zero-order valence-electron chi connectivity index (χ0n) is 19.4. The summed E-state index contributed by atoms with van der Waals surface area (Å²) in [5.41, 5.74) is 2.23. The minimum absolute atomic E-state index is 0. The Morgan fingerprint density at radius 2 is 1.42 bits per heavy atom. The highest BCUT2D eigenvalue weighted by molar-refractivity contribution is 5.71. The van der Waals surface area contributed by atoms with Crippen molar-refractivity contribution in [2.45, 2.75) is 65.2 Å². The fraction of sp³-hybridized carbons (Fsp3) is 0.379. The highest BCUT2D eigenvalue weighted by atomic mass is 19.4. The molecule has 1 aliphatic rings. The number of benzene rings is 3. The molecule has 0 bridgehead atoms. The smallest absolute Gasteiger partial charge is 0.454 e. The Labute approximate surface area is 209 Å². The summed E-state index contributed by atoms with van der Waals surface area (Å²) in [7, 11) is 0. The van der Waals surface area contributed by atoms with Crippen molar-refractivity contribution in [2.24, 2.45) is 5.92 Å². The standard InChI is InChI=1S/C28H27F5O2.CH4/c1-2-3-18-4-6-19(7-5-18)20-8-10-21(11-9-20)24-16-17-25(29)26(30)27(24)34-22-12-14-23(15-13-22)35-28(31,32)33;/h8-19H,2-7H2,1H3;1H4. The van der Waals surface area contributed by atoms with Gasteiger partial charge in [-0.15, -0.1) is 13.2 Å². The highest BCUT2D eigenvalue weighted by Crippen LogP contribution is 2.40. The van der Waals surface area contributed by atoms with Gasteiger partial charge in [0.2, 0.25) is 5.82 Å². The van der Waals surface area contributed by atoms with Crippen LogP contribution in [0.15, 0.2) is 60.7 Å². The third kappa shape index (κ3) is 6.77. The molecule has 1 aliphatic carbocycles. The topological polar surface area (TPSA) is 18.5 Å². The largest absolute Gasteiger partial charge is 0.573 e. The lowest BCUT2D eigenvalue weighted by molar-refractivity contribution is -0.274. The molecular formula is C29H31F5O2. The second kappa shape index (κ2) is 11.8. The summed E-state index contributed by atoms with van der Waals surface area (Å²) in [4.78, 5) is 0. The Morgan fingerprint density at radius 1 is 0.806 bits per heavy atom. The van der Waals surface area contributed by atoms with E-state index in [9.17, 15) is 22.0 Å². The monoisotopic (exact) mass is 506 g/mol. The van der Waals surface area contributed by atoms with Crippen LogP contribution in [0, 0.1) is 17.6 Å². The fourth-order valence-corrected chi connectivity index (χ4v) is 4.81. The van der Waals surface area contributed by atoms with E-state index in [2.05, 4.69) is 11.7 Å². The molecule has 0 amide bonds. The van der Waals surface area contributed by atoms with Gasteiger partial charge in [-0.25, -0.2) is 4.39 Å². The summed E-state index contributed by atoms with van der Waals surface area (Å²) in [6, 6.07) is 14.7. The maximum atomic E-state index is 14.7. The van der Waals surface area contributed by atoms with E-state index in [1.54, 1.807) is 0 Å². The second-order valence-corrected chi connectivity index (χ2v) is 8.99. The Balaban J connectivity index is 0.00000361. The Bertz CT molecular complexity index is 1120. The molecule has 0 unspecified atom stereocenters. The van der Waals surface area contributed by atoms with Crippen molar-refractivity contribution >= 4 is 0 Å². The van der Waals surface area contributed by atoms with Gasteiger partial charge in [0.15, 0.2) is 11.6 Å². The second-order valence-electron chi connectivity index (χ2n) is 8.99. The number of rotatable bonds is 7. The molecule has 0 aromatic heterocycles. The predicted octanol–water partition coefficient (Wildman–Crippen LogP) is 10.0. The zero-order valence-corrected chi connectivity index (χ0v) is 19.4. The molecule has 2 nitrogen and oxygen atoms in total. The number of hydrogen-bond acceptors (Lipinski definition) is 2. The number of alkyl halides is 3. The van der Waals surface area contributed by atoms with E-state index in [1.807, 2.05) is 24.3 Å². The third-order valence-electron chi connectivity index (χ3n) is 6.56. The van der Waals surface area contributed by atoms with Gasteiger partial charge in [-0.05, 0) is 85.0 Å². The molecule has 7 heteroatoms. The SMILES string of the molecule is C.CCCC1CCC(c2ccc(-c3ccc(F)c(F)c3Oc3ccc(OC(F)(F)F)cc3)cc2)CC1. The molecule has 0 atom stereocenters. The van der Waals surface area contributed by atoms with Gasteiger partial charge in [0, 0.05) is 5.56 Å². The van der Waals surface area contributed by atoms with Gasteiger partial charge in [-0.3, -0.25) is 0 Å². The average molecular weight is 507 g/mol. The molecule has 0 aliphatic heterocycles. The molecule has 0 radical (unpaired) electrons. The molecule has 0 N–H and O–H groups in total. The first kappa shape index (κ1) is 27.5. The molecule has 3 aromatic rings. The van der Waals surface area contributed by atoms with Gasteiger partial charge >= 0.3 is 6.36 Å². The van der Waals surface area contributed by atoms with Gasteiger partial charge in [-0.1, -0.05) is 51.5 Å². The normalized spacial score (nSPS) is 17.8. The van der Waals surface area contributed by atoms with E-state index in [1.165, 1.54) is 49.4 Å². The fourth-order valence-electron chi connectivity index (χ4n) is 4.81. The molecule has 4 rings (SSSR count). The van der Waals surface area contributed by atoms with Crippen LogP contribution in [0.2, 0.25) is 0 Å². The van der Waals surface area contributed by atoms with Gasteiger partial charge in [-0.2, -0.15) is 4.39 Å². The van der Waals surface area contributed by atoms with Gasteiger partial charge in [0.05, 0.1) is 0 Å². The Hall–Kier alpha value is -3.09. The quantitative estimate of drug-likeness (QED) is 0.297. The molecule has 194 valence electrons. The first-order valence-corrected chi connectivity index (χ1v) is 11.9. The van der Waals surface area contributed by atoms with Crippen LogP contribution in [-0.2, 0) is 0 Å². The van der Waals surface area contributed by atoms with E-state index in [0.29, 0.717) is 17.0 Å². The van der Waals surface area contributed by atoms with Gasteiger partial charge in [0.25, 0.3) is 0 Å². The van der Waals surface area contributed by atoms with Crippen molar-refractivity contribution < 1.29 is 31.4 Å². The van der Waals surface area contributed by atoms with Crippen molar-refractivity contribution in [1.29, 1.82) is 0 Å². The van der Waals surface area contributed by atoms with Crippen LogP contribution in [0.25, 0.3) is 11.1 Å². The van der Waals surface area contributed by atoms with Crippen molar-refractivity contribution in [1.82, 2.24) is 0 Å². The lowest BCUT2D eigenvalue weighted by Crippen LogP contribution is -2.16. The Morgan fingerprint density at radius 3 is 2.00 bits per heavy atom. The number of ether oxygens (including phenoxy) is 2. The van der Waals surface area contributed by atoms with Gasteiger partial charge in [0.1, 0.15) is 11.5 Å². The summed E-state index contributed by atoms with van der Waals surface area (Å²) >= 11 is 0. The molecule has 3 aromatic carbocycles. The molecule has 0 saturated heterocycles. The van der Waals surface area contributed by atoms with Crippen molar-refractivity contribution in [2.75, 3.05) is 0 Å². The van der Waals surface area contributed by atoms with Crippen molar-refractivity contribution in [3.63, 3.8) is 0 Å². The van der Waals surface area contributed by atoms with Crippen LogP contribution in [-0.4, -0.2) is 6.36 Å². The molecular weight excluding hydrogens is 475 g/mol. The minimum atomic E-state index is -4.83. The molecule has 0 spiro atoms. The van der Waals surface area contributed by atoms with Crippen LogP contribution in [0.1, 0.15) is 64.4 Å².